The number of piperazine rings is 1. The number of carbonyl (C=O) groups is 1. The minimum Gasteiger partial charge on any atom is -0.368 e. The van der Waals surface area contributed by atoms with E-state index in [1.54, 1.807) is 13.1 Å². The Bertz CT molecular complexity index is 1050. The molecule has 30 heavy (non-hydrogen) atoms. The fourth-order valence-corrected chi connectivity index (χ4v) is 4.56. The molecule has 1 saturated heterocycles. The molecule has 0 aromatic carbocycles. The lowest BCUT2D eigenvalue weighted by Gasteiger charge is -2.29. The van der Waals surface area contributed by atoms with Crippen molar-refractivity contribution in [1.82, 2.24) is 24.8 Å². The van der Waals surface area contributed by atoms with Gasteiger partial charge in [-0.25, -0.2) is 9.97 Å². The Labute approximate surface area is 175 Å². The van der Waals surface area contributed by atoms with Crippen LogP contribution in [0, 0.1) is 0 Å². The number of ketones is 1. The van der Waals surface area contributed by atoms with Gasteiger partial charge in [0.05, 0.1) is 17.6 Å². The maximum Gasteiger partial charge on any atom is 0.230 e. The van der Waals surface area contributed by atoms with E-state index < -0.39 is 0 Å². The summed E-state index contributed by atoms with van der Waals surface area (Å²) in [6, 6.07) is 6.29. The first-order valence-electron chi connectivity index (χ1n) is 10.8. The van der Waals surface area contributed by atoms with Gasteiger partial charge in [0, 0.05) is 50.7 Å². The standard InChI is InChI=1S/C22H27N7O/c1-15(30)19-12-16-13-25-22(27-21(16)29(19)17-4-2-3-5-17)26-20-7-6-18(14-24-20)28-10-8-23-9-11-28/h6-7,12-14,17,23H,2-5,8-11H2,1H3,(H,24,25,26,27). The highest BCUT2D eigenvalue weighted by Crippen LogP contribution is 2.34. The van der Waals surface area contributed by atoms with Crippen LogP contribution in [0.1, 0.15) is 49.1 Å². The van der Waals surface area contributed by atoms with Gasteiger partial charge in [-0.05, 0) is 31.0 Å². The second kappa shape index (κ2) is 8.02. The summed E-state index contributed by atoms with van der Waals surface area (Å²) in [6.07, 6.45) is 8.25. The molecule has 3 aromatic rings. The van der Waals surface area contributed by atoms with Gasteiger partial charge in [-0.3, -0.25) is 4.79 Å². The van der Waals surface area contributed by atoms with Crippen molar-refractivity contribution in [1.29, 1.82) is 0 Å². The molecule has 8 heteroatoms. The van der Waals surface area contributed by atoms with Gasteiger partial charge in [0.25, 0.3) is 0 Å². The van der Waals surface area contributed by atoms with Gasteiger partial charge in [-0.15, -0.1) is 0 Å². The fraction of sp³-hybridized carbons (Fsp3) is 0.455. The molecular formula is C22H27N7O. The van der Waals surface area contributed by atoms with E-state index in [0.717, 1.165) is 61.4 Å². The Kier molecular flexibility index (Phi) is 5.08. The van der Waals surface area contributed by atoms with Gasteiger partial charge in [0.15, 0.2) is 5.78 Å². The molecular weight excluding hydrogens is 378 g/mol. The highest BCUT2D eigenvalue weighted by Gasteiger charge is 2.24. The third kappa shape index (κ3) is 3.63. The van der Waals surface area contributed by atoms with Gasteiger partial charge in [0.1, 0.15) is 11.5 Å². The third-order valence-corrected chi connectivity index (χ3v) is 6.10. The van der Waals surface area contributed by atoms with Crippen LogP contribution in [0.25, 0.3) is 11.0 Å². The number of hydrogen-bond donors (Lipinski definition) is 2. The number of nitrogens with zero attached hydrogens (tertiary/aromatic N) is 5. The van der Waals surface area contributed by atoms with Crippen LogP contribution < -0.4 is 15.5 Å². The smallest absolute Gasteiger partial charge is 0.230 e. The van der Waals surface area contributed by atoms with E-state index in [1.165, 1.54) is 12.8 Å². The van der Waals surface area contributed by atoms with Crippen molar-refractivity contribution in [3.63, 3.8) is 0 Å². The number of nitrogens with one attached hydrogen (secondary N) is 2. The minimum absolute atomic E-state index is 0.0691. The Hall–Kier alpha value is -3.00. The first-order chi connectivity index (χ1) is 14.7. The number of Topliss-reactive ketones (excluding diaryl/α,β-unsaturated/α-hetero) is 1. The van der Waals surface area contributed by atoms with E-state index >= 15 is 0 Å². The lowest BCUT2D eigenvalue weighted by molar-refractivity contribution is 0.100. The lowest BCUT2D eigenvalue weighted by atomic mass is 10.2. The van der Waals surface area contributed by atoms with Crippen molar-refractivity contribution in [3.8, 4) is 0 Å². The Morgan fingerprint density at radius 3 is 2.63 bits per heavy atom. The molecule has 1 saturated carbocycles. The molecule has 2 fully saturated rings. The number of anilines is 3. The molecule has 0 atom stereocenters. The first-order valence-corrected chi connectivity index (χ1v) is 10.8. The molecule has 0 amide bonds. The number of rotatable bonds is 5. The molecule has 5 rings (SSSR count). The van der Waals surface area contributed by atoms with Gasteiger partial charge >= 0.3 is 0 Å². The number of hydrogen-bond acceptors (Lipinski definition) is 7. The second-order valence-electron chi connectivity index (χ2n) is 8.13. The molecule has 1 aliphatic carbocycles. The molecule has 2 aliphatic rings. The summed E-state index contributed by atoms with van der Waals surface area (Å²) in [5, 5.41) is 7.48. The van der Waals surface area contributed by atoms with Crippen LogP contribution in [0.4, 0.5) is 17.5 Å². The Balaban J connectivity index is 1.42. The average Bonchev–Trinajstić information content (AvgIpc) is 3.42. The first kappa shape index (κ1) is 19.0. The normalized spacial score (nSPS) is 17.6. The number of fused-ring (bicyclic) bond motifs is 1. The van der Waals surface area contributed by atoms with Crippen LogP contribution in [-0.4, -0.2) is 51.5 Å². The summed E-state index contributed by atoms with van der Waals surface area (Å²) in [4.78, 5) is 28.3. The molecule has 3 aromatic heterocycles. The molecule has 8 nitrogen and oxygen atoms in total. The monoisotopic (exact) mass is 405 g/mol. The molecule has 4 heterocycles. The van der Waals surface area contributed by atoms with Gasteiger partial charge in [-0.2, -0.15) is 4.98 Å². The van der Waals surface area contributed by atoms with E-state index in [9.17, 15) is 4.79 Å². The largest absolute Gasteiger partial charge is 0.368 e. The van der Waals surface area contributed by atoms with Crippen LogP contribution in [0.5, 0.6) is 0 Å². The van der Waals surface area contributed by atoms with Crippen LogP contribution in [0.2, 0.25) is 0 Å². The highest BCUT2D eigenvalue weighted by molar-refractivity contribution is 5.98. The van der Waals surface area contributed by atoms with E-state index in [1.807, 2.05) is 18.3 Å². The third-order valence-electron chi connectivity index (χ3n) is 6.10. The van der Waals surface area contributed by atoms with Crippen molar-refractivity contribution < 1.29 is 4.79 Å². The Morgan fingerprint density at radius 2 is 1.93 bits per heavy atom. The number of aromatic nitrogens is 4. The average molecular weight is 406 g/mol. The van der Waals surface area contributed by atoms with Crippen LogP contribution in [-0.2, 0) is 0 Å². The molecule has 2 N–H and O–H groups in total. The van der Waals surface area contributed by atoms with E-state index in [-0.39, 0.29) is 5.78 Å². The maximum atomic E-state index is 12.2. The summed E-state index contributed by atoms with van der Waals surface area (Å²) in [7, 11) is 0. The summed E-state index contributed by atoms with van der Waals surface area (Å²) < 4.78 is 2.12. The summed E-state index contributed by atoms with van der Waals surface area (Å²) >= 11 is 0. The zero-order valence-electron chi connectivity index (χ0n) is 17.3. The van der Waals surface area contributed by atoms with E-state index in [4.69, 9.17) is 4.98 Å². The summed E-state index contributed by atoms with van der Waals surface area (Å²) in [6.45, 7) is 5.60. The molecule has 0 unspecified atom stereocenters. The minimum atomic E-state index is 0.0691. The summed E-state index contributed by atoms with van der Waals surface area (Å²) in [5.41, 5.74) is 2.67. The van der Waals surface area contributed by atoms with Gasteiger partial charge in [0.2, 0.25) is 5.95 Å². The van der Waals surface area contributed by atoms with E-state index in [0.29, 0.717) is 17.8 Å². The van der Waals surface area contributed by atoms with Crippen LogP contribution >= 0.6 is 0 Å². The number of pyridine rings is 1. The van der Waals surface area contributed by atoms with Crippen LogP contribution in [0.15, 0.2) is 30.6 Å². The van der Waals surface area contributed by atoms with Crippen molar-refractivity contribution in [2.45, 2.75) is 38.6 Å². The molecule has 0 radical (unpaired) electrons. The lowest BCUT2D eigenvalue weighted by Crippen LogP contribution is -2.43. The quantitative estimate of drug-likeness (QED) is 0.630. The predicted octanol–water partition coefficient (Wildman–Crippen LogP) is 3.30. The molecule has 156 valence electrons. The Morgan fingerprint density at radius 1 is 1.13 bits per heavy atom. The molecule has 0 spiro atoms. The zero-order valence-corrected chi connectivity index (χ0v) is 17.3. The maximum absolute atomic E-state index is 12.2. The second-order valence-corrected chi connectivity index (χ2v) is 8.13. The van der Waals surface area contributed by atoms with Crippen LogP contribution in [0.3, 0.4) is 0 Å². The van der Waals surface area contributed by atoms with Gasteiger partial charge in [-0.1, -0.05) is 12.8 Å². The zero-order chi connectivity index (χ0) is 20.5. The number of carbonyl (C=O) groups excluding carboxylic acids is 1. The SMILES string of the molecule is CC(=O)c1cc2cnc(Nc3ccc(N4CCNCC4)cn3)nc2n1C1CCCC1. The molecule has 1 aliphatic heterocycles. The predicted molar refractivity (Wildman–Crippen MR) is 118 cm³/mol. The van der Waals surface area contributed by atoms with E-state index in [2.05, 4.69) is 36.1 Å². The molecule has 0 bridgehead atoms. The van der Waals surface area contributed by atoms with Crippen molar-refractivity contribution >= 4 is 34.3 Å². The van der Waals surface area contributed by atoms with Crippen molar-refractivity contribution in [3.05, 3.63) is 36.3 Å². The highest BCUT2D eigenvalue weighted by atomic mass is 16.1. The fourth-order valence-electron chi connectivity index (χ4n) is 4.56. The summed E-state index contributed by atoms with van der Waals surface area (Å²) in [5.74, 6) is 1.27. The van der Waals surface area contributed by atoms with Crippen molar-refractivity contribution in [2.24, 2.45) is 0 Å². The van der Waals surface area contributed by atoms with Crippen molar-refractivity contribution in [2.75, 3.05) is 36.4 Å². The topological polar surface area (TPSA) is 88.0 Å². The van der Waals surface area contributed by atoms with Gasteiger partial charge < -0.3 is 20.1 Å².